The first kappa shape index (κ1) is 22.6. The van der Waals surface area contributed by atoms with Gasteiger partial charge in [0.1, 0.15) is 0 Å². The molecule has 1 N–H and O–H groups in total. The summed E-state index contributed by atoms with van der Waals surface area (Å²) in [5, 5.41) is 5.03. The molecule has 0 amide bonds. The topological polar surface area (TPSA) is 59.3 Å². The van der Waals surface area contributed by atoms with E-state index in [0.717, 1.165) is 49.0 Å². The number of aliphatic imine (C=N–C) groups is 1. The SMILES string of the molecule is C=C(SC(=NC)Nc1ccc(C)c(-c2cc3cnc(C)cc3n(C)c2=O)c1)c1ccccc1. The molecule has 33 heavy (non-hydrogen) atoms. The van der Waals surface area contributed by atoms with Crippen molar-refractivity contribution in [3.63, 3.8) is 0 Å². The lowest BCUT2D eigenvalue weighted by Crippen LogP contribution is -2.19. The predicted octanol–water partition coefficient (Wildman–Crippen LogP) is 6.02. The highest BCUT2D eigenvalue weighted by atomic mass is 32.2. The van der Waals surface area contributed by atoms with Crippen LogP contribution in [0.3, 0.4) is 0 Å². The van der Waals surface area contributed by atoms with Gasteiger partial charge >= 0.3 is 0 Å². The maximum atomic E-state index is 13.2. The predicted molar refractivity (Wildman–Crippen MR) is 142 cm³/mol. The standard InChI is InChI=1S/C27H26N4OS/c1-17-11-12-22(30-27(28-4)33-19(3)20-9-7-6-8-10-20)15-23(17)24-14-21-16-29-18(2)13-25(21)31(5)26(24)32/h6-16H,3H2,1-2,4-5H3,(H,28,30). The van der Waals surface area contributed by atoms with Gasteiger partial charge in [-0.3, -0.25) is 14.8 Å². The number of hydrogen-bond acceptors (Lipinski definition) is 4. The van der Waals surface area contributed by atoms with E-state index in [1.165, 1.54) is 11.8 Å². The van der Waals surface area contributed by atoms with E-state index >= 15 is 0 Å². The number of aryl methyl sites for hydroxylation is 3. The van der Waals surface area contributed by atoms with Crippen LogP contribution in [0.25, 0.3) is 26.9 Å². The second-order valence-corrected chi connectivity index (χ2v) is 8.97. The molecule has 2 aromatic heterocycles. The molecule has 4 aromatic rings. The van der Waals surface area contributed by atoms with Crippen molar-refractivity contribution in [3.05, 3.63) is 101 Å². The number of rotatable bonds is 4. The molecule has 6 heteroatoms. The fraction of sp³-hybridized carbons (Fsp3) is 0.148. The van der Waals surface area contributed by atoms with Crippen LogP contribution in [0.15, 0.2) is 83.2 Å². The van der Waals surface area contributed by atoms with E-state index in [2.05, 4.69) is 21.9 Å². The number of amidine groups is 1. The molecule has 0 atom stereocenters. The lowest BCUT2D eigenvalue weighted by atomic mass is 9.99. The molecule has 5 nitrogen and oxygen atoms in total. The molecule has 0 radical (unpaired) electrons. The molecule has 0 unspecified atom stereocenters. The Kier molecular flexibility index (Phi) is 6.47. The van der Waals surface area contributed by atoms with Gasteiger partial charge in [-0.05, 0) is 54.8 Å². The minimum absolute atomic E-state index is 0.0374. The average molecular weight is 455 g/mol. The highest BCUT2D eigenvalue weighted by molar-refractivity contribution is 8.21. The molecule has 4 rings (SSSR count). The fourth-order valence-electron chi connectivity index (χ4n) is 3.70. The number of nitrogens with zero attached hydrogens (tertiary/aromatic N) is 3. The van der Waals surface area contributed by atoms with Gasteiger partial charge in [0.05, 0.1) is 5.52 Å². The van der Waals surface area contributed by atoms with E-state index in [0.29, 0.717) is 5.56 Å². The van der Waals surface area contributed by atoms with Crippen molar-refractivity contribution >= 4 is 38.4 Å². The van der Waals surface area contributed by atoms with Gasteiger partial charge in [0.2, 0.25) is 0 Å². The van der Waals surface area contributed by atoms with Crippen molar-refractivity contribution in [1.82, 2.24) is 9.55 Å². The summed E-state index contributed by atoms with van der Waals surface area (Å²) in [5.74, 6) is 0. The highest BCUT2D eigenvalue weighted by Crippen LogP contribution is 2.30. The molecule has 0 saturated carbocycles. The van der Waals surface area contributed by atoms with Gasteiger partial charge in [0.25, 0.3) is 5.56 Å². The van der Waals surface area contributed by atoms with Crippen LogP contribution in [0.5, 0.6) is 0 Å². The van der Waals surface area contributed by atoms with Crippen LogP contribution in [-0.2, 0) is 7.05 Å². The third kappa shape index (κ3) is 4.76. The Bertz CT molecular complexity index is 1440. The first-order chi connectivity index (χ1) is 15.9. The summed E-state index contributed by atoms with van der Waals surface area (Å²) in [6.07, 6.45) is 1.82. The van der Waals surface area contributed by atoms with Crippen molar-refractivity contribution in [2.24, 2.45) is 12.0 Å². The van der Waals surface area contributed by atoms with E-state index in [1.807, 2.05) is 80.7 Å². The summed E-state index contributed by atoms with van der Waals surface area (Å²) in [7, 11) is 3.55. The molecule has 0 aliphatic heterocycles. The maximum Gasteiger partial charge on any atom is 0.258 e. The van der Waals surface area contributed by atoms with Gasteiger partial charge in [-0.15, -0.1) is 0 Å². The quantitative estimate of drug-likeness (QED) is 0.303. The molecule has 0 bridgehead atoms. The van der Waals surface area contributed by atoms with E-state index in [9.17, 15) is 4.79 Å². The van der Waals surface area contributed by atoms with Crippen LogP contribution in [0, 0.1) is 13.8 Å². The number of anilines is 1. The molecule has 166 valence electrons. The van der Waals surface area contributed by atoms with Crippen LogP contribution < -0.4 is 10.9 Å². The molecule has 0 fully saturated rings. The second-order valence-electron chi connectivity index (χ2n) is 7.88. The van der Waals surface area contributed by atoms with Crippen LogP contribution in [0.1, 0.15) is 16.8 Å². The largest absolute Gasteiger partial charge is 0.335 e. The Morgan fingerprint density at radius 1 is 1.06 bits per heavy atom. The fourth-order valence-corrected chi connectivity index (χ4v) is 4.45. The molecular weight excluding hydrogens is 428 g/mol. The minimum Gasteiger partial charge on any atom is -0.335 e. The summed E-state index contributed by atoms with van der Waals surface area (Å²) in [4.78, 5) is 22.9. The van der Waals surface area contributed by atoms with Crippen LogP contribution in [0.4, 0.5) is 5.69 Å². The Morgan fingerprint density at radius 3 is 2.55 bits per heavy atom. The van der Waals surface area contributed by atoms with Crippen LogP contribution in [-0.4, -0.2) is 21.8 Å². The van der Waals surface area contributed by atoms with E-state index in [-0.39, 0.29) is 5.56 Å². The van der Waals surface area contributed by atoms with E-state index < -0.39 is 0 Å². The van der Waals surface area contributed by atoms with Crippen molar-refractivity contribution in [3.8, 4) is 11.1 Å². The van der Waals surface area contributed by atoms with E-state index in [1.54, 1.807) is 18.7 Å². The van der Waals surface area contributed by atoms with Crippen LogP contribution in [0.2, 0.25) is 0 Å². The molecular formula is C27H26N4OS. The van der Waals surface area contributed by atoms with Crippen molar-refractivity contribution in [1.29, 1.82) is 0 Å². The number of pyridine rings is 2. The van der Waals surface area contributed by atoms with Gasteiger partial charge in [0.15, 0.2) is 5.17 Å². The molecule has 0 aliphatic carbocycles. The zero-order valence-corrected chi connectivity index (χ0v) is 20.0. The smallest absolute Gasteiger partial charge is 0.258 e. The zero-order chi connectivity index (χ0) is 23.5. The Morgan fingerprint density at radius 2 is 1.82 bits per heavy atom. The molecule has 2 aromatic carbocycles. The lowest BCUT2D eigenvalue weighted by Gasteiger charge is -2.15. The van der Waals surface area contributed by atoms with Gasteiger partial charge in [-0.2, -0.15) is 0 Å². The summed E-state index contributed by atoms with van der Waals surface area (Å²) < 4.78 is 1.69. The van der Waals surface area contributed by atoms with Gasteiger partial charge < -0.3 is 9.88 Å². The summed E-state index contributed by atoms with van der Waals surface area (Å²) in [6.45, 7) is 8.12. The first-order valence-electron chi connectivity index (χ1n) is 10.6. The number of thioether (sulfide) groups is 1. The number of aromatic nitrogens is 2. The maximum absolute atomic E-state index is 13.2. The number of nitrogens with one attached hydrogen (secondary N) is 1. The Labute approximate surface area is 197 Å². The molecule has 2 heterocycles. The first-order valence-corrected chi connectivity index (χ1v) is 11.4. The van der Waals surface area contributed by atoms with E-state index in [4.69, 9.17) is 0 Å². The van der Waals surface area contributed by atoms with Gasteiger partial charge in [-0.25, -0.2) is 0 Å². The number of hydrogen-bond donors (Lipinski definition) is 1. The highest BCUT2D eigenvalue weighted by Gasteiger charge is 2.13. The Balaban J connectivity index is 1.67. The third-order valence-electron chi connectivity index (χ3n) is 5.54. The van der Waals surface area contributed by atoms with Gasteiger partial charge in [-0.1, -0.05) is 54.7 Å². The van der Waals surface area contributed by atoms with Crippen molar-refractivity contribution in [2.45, 2.75) is 13.8 Å². The normalized spacial score (nSPS) is 11.6. The average Bonchev–Trinajstić information content (AvgIpc) is 2.83. The summed E-state index contributed by atoms with van der Waals surface area (Å²) in [5.41, 5.74) is 6.18. The molecule has 0 aliphatic rings. The number of benzene rings is 2. The van der Waals surface area contributed by atoms with Crippen LogP contribution >= 0.6 is 11.8 Å². The number of fused-ring (bicyclic) bond motifs is 1. The van der Waals surface area contributed by atoms with Crippen molar-refractivity contribution < 1.29 is 0 Å². The molecule has 0 spiro atoms. The van der Waals surface area contributed by atoms with Crippen molar-refractivity contribution in [2.75, 3.05) is 12.4 Å². The third-order valence-corrected chi connectivity index (χ3v) is 6.50. The minimum atomic E-state index is -0.0374. The lowest BCUT2D eigenvalue weighted by molar-refractivity contribution is 0.905. The second kappa shape index (κ2) is 9.46. The summed E-state index contributed by atoms with van der Waals surface area (Å²) in [6, 6.07) is 19.9. The summed E-state index contributed by atoms with van der Waals surface area (Å²) >= 11 is 1.48. The monoisotopic (exact) mass is 454 g/mol. The molecule has 0 saturated heterocycles. The van der Waals surface area contributed by atoms with Gasteiger partial charge in [0, 0.05) is 47.5 Å². The zero-order valence-electron chi connectivity index (χ0n) is 19.2. The Hall–Kier alpha value is -3.64.